The summed E-state index contributed by atoms with van der Waals surface area (Å²) in [5.74, 6) is -0.347. The minimum atomic E-state index is -0.420. The van der Waals surface area contributed by atoms with Crippen molar-refractivity contribution in [1.29, 1.82) is 0 Å². The Bertz CT molecular complexity index is 1330. The van der Waals surface area contributed by atoms with Crippen LogP contribution in [0.4, 0.5) is 9.39 Å². The summed E-state index contributed by atoms with van der Waals surface area (Å²) in [4.78, 5) is 15.8. The van der Waals surface area contributed by atoms with E-state index in [1.54, 1.807) is 13.1 Å². The maximum Gasteiger partial charge on any atom is 0.219 e. The van der Waals surface area contributed by atoms with Crippen LogP contribution in [-0.4, -0.2) is 51.1 Å². The molecule has 1 aliphatic rings. The zero-order chi connectivity index (χ0) is 21.9. The molecule has 9 heteroatoms. The fourth-order valence-electron chi connectivity index (χ4n) is 4.44. The van der Waals surface area contributed by atoms with Crippen LogP contribution in [0.15, 0.2) is 24.4 Å². The van der Waals surface area contributed by atoms with Crippen molar-refractivity contribution in [3.8, 4) is 11.1 Å². The van der Waals surface area contributed by atoms with E-state index in [0.29, 0.717) is 41.1 Å². The molecule has 1 saturated heterocycles. The van der Waals surface area contributed by atoms with E-state index in [1.807, 2.05) is 30.0 Å². The van der Waals surface area contributed by atoms with Gasteiger partial charge < -0.3 is 9.80 Å². The molecule has 5 rings (SSSR count). The average molecular weight is 458 g/mol. The van der Waals surface area contributed by atoms with Crippen LogP contribution in [0.2, 0.25) is 5.02 Å². The predicted octanol–water partition coefficient (Wildman–Crippen LogP) is 5.00. The summed E-state index contributed by atoms with van der Waals surface area (Å²) in [5, 5.41) is 9.80. The third kappa shape index (κ3) is 3.16. The van der Waals surface area contributed by atoms with E-state index >= 15 is 4.39 Å². The molecular weight excluding hydrogens is 437 g/mol. The lowest BCUT2D eigenvalue weighted by molar-refractivity contribution is -0.129. The largest absolute Gasteiger partial charge is 0.355 e. The van der Waals surface area contributed by atoms with Gasteiger partial charge in [0.05, 0.1) is 16.7 Å². The molecule has 160 valence electrons. The standard InChI is InChI=1S/C22H21ClFN5OS/c1-11-4-5-17-15(9-25-26-17)18(11)19-16(23)8-14-21(20(19)24)27-31-22(14)29-7-6-28(13(3)30)10-12(29)2/h4-5,8-9,12H,6-7,10H2,1-3H3,(H,25,26)/t12-/m0/s1. The molecule has 0 aliphatic carbocycles. The Kier molecular flexibility index (Phi) is 4.86. The van der Waals surface area contributed by atoms with Gasteiger partial charge in [0, 0.05) is 54.5 Å². The Morgan fingerprint density at radius 2 is 2.10 bits per heavy atom. The number of fused-ring (bicyclic) bond motifs is 2. The highest BCUT2D eigenvalue weighted by Gasteiger charge is 2.29. The Balaban J connectivity index is 1.64. The zero-order valence-electron chi connectivity index (χ0n) is 17.4. The molecule has 2 aromatic carbocycles. The monoisotopic (exact) mass is 457 g/mol. The van der Waals surface area contributed by atoms with Crippen molar-refractivity contribution in [1.82, 2.24) is 19.5 Å². The van der Waals surface area contributed by atoms with E-state index in [9.17, 15) is 4.79 Å². The summed E-state index contributed by atoms with van der Waals surface area (Å²) >= 11 is 7.96. The van der Waals surface area contributed by atoms with Crippen LogP contribution in [0.25, 0.3) is 32.9 Å². The van der Waals surface area contributed by atoms with Gasteiger partial charge in [-0.05, 0) is 43.1 Å². The lowest BCUT2D eigenvalue weighted by atomic mass is 9.95. The number of hydrogen-bond donors (Lipinski definition) is 1. The number of amides is 1. The van der Waals surface area contributed by atoms with Crippen molar-refractivity contribution < 1.29 is 9.18 Å². The van der Waals surface area contributed by atoms with Gasteiger partial charge in [-0.2, -0.15) is 9.47 Å². The molecule has 0 spiro atoms. The molecule has 4 aromatic rings. The van der Waals surface area contributed by atoms with Crippen LogP contribution in [0, 0.1) is 12.7 Å². The molecule has 1 fully saturated rings. The molecule has 2 aromatic heterocycles. The Hall–Kier alpha value is -2.71. The smallest absolute Gasteiger partial charge is 0.219 e. The molecule has 3 heterocycles. The van der Waals surface area contributed by atoms with Crippen molar-refractivity contribution in [2.45, 2.75) is 26.8 Å². The summed E-state index contributed by atoms with van der Waals surface area (Å²) in [6.45, 7) is 7.52. The minimum absolute atomic E-state index is 0.0724. The van der Waals surface area contributed by atoms with Gasteiger partial charge in [0.15, 0.2) is 5.82 Å². The molecule has 6 nitrogen and oxygen atoms in total. The highest BCUT2D eigenvalue weighted by atomic mass is 35.5. The van der Waals surface area contributed by atoms with Crippen LogP contribution >= 0.6 is 23.1 Å². The van der Waals surface area contributed by atoms with Gasteiger partial charge in [0.1, 0.15) is 10.5 Å². The number of nitrogens with one attached hydrogen (secondary N) is 1. The molecule has 0 saturated carbocycles. The normalized spacial score (nSPS) is 17.1. The molecule has 1 N–H and O–H groups in total. The van der Waals surface area contributed by atoms with E-state index in [-0.39, 0.29) is 11.9 Å². The van der Waals surface area contributed by atoms with E-state index in [4.69, 9.17) is 11.6 Å². The van der Waals surface area contributed by atoms with Gasteiger partial charge in [-0.25, -0.2) is 4.39 Å². The first kappa shape index (κ1) is 20.2. The molecule has 1 atom stereocenters. The summed E-state index contributed by atoms with van der Waals surface area (Å²) in [7, 11) is 0. The van der Waals surface area contributed by atoms with Gasteiger partial charge in [-0.1, -0.05) is 17.7 Å². The molecule has 0 bridgehead atoms. The highest BCUT2D eigenvalue weighted by Crippen LogP contribution is 2.44. The minimum Gasteiger partial charge on any atom is -0.355 e. The van der Waals surface area contributed by atoms with Crippen LogP contribution in [-0.2, 0) is 4.79 Å². The number of anilines is 1. The second kappa shape index (κ2) is 7.46. The summed E-state index contributed by atoms with van der Waals surface area (Å²) in [5.41, 5.74) is 3.14. The van der Waals surface area contributed by atoms with E-state index in [0.717, 1.165) is 27.0 Å². The van der Waals surface area contributed by atoms with Crippen molar-refractivity contribution in [3.05, 3.63) is 40.8 Å². The molecular formula is C22H21ClFN5OS. The number of piperazine rings is 1. The maximum absolute atomic E-state index is 15.8. The van der Waals surface area contributed by atoms with Crippen molar-refractivity contribution in [2.24, 2.45) is 0 Å². The lowest BCUT2D eigenvalue weighted by Gasteiger charge is -2.40. The highest BCUT2D eigenvalue weighted by molar-refractivity contribution is 7.11. The number of hydrogen-bond acceptors (Lipinski definition) is 5. The Morgan fingerprint density at radius 1 is 1.29 bits per heavy atom. The second-order valence-electron chi connectivity index (χ2n) is 8.03. The molecule has 0 unspecified atom stereocenters. The fraction of sp³-hybridized carbons (Fsp3) is 0.318. The predicted molar refractivity (Wildman–Crippen MR) is 123 cm³/mol. The third-order valence-electron chi connectivity index (χ3n) is 6.06. The second-order valence-corrected chi connectivity index (χ2v) is 9.19. The SMILES string of the molecule is CC(=O)N1CCN(c2snc3c(F)c(-c4c(C)ccc5[nH]ncc45)c(Cl)cc23)[C@@H](C)C1. The van der Waals surface area contributed by atoms with E-state index in [2.05, 4.69) is 26.4 Å². The molecule has 0 radical (unpaired) electrons. The molecule has 1 amide bonds. The number of aryl methyl sites for hydroxylation is 1. The first-order valence-corrected chi connectivity index (χ1v) is 11.2. The quantitative estimate of drug-likeness (QED) is 0.460. The number of benzene rings is 2. The van der Waals surface area contributed by atoms with E-state index < -0.39 is 5.82 Å². The van der Waals surface area contributed by atoms with Gasteiger partial charge in [0.25, 0.3) is 0 Å². The van der Waals surface area contributed by atoms with Crippen LogP contribution < -0.4 is 4.90 Å². The summed E-state index contributed by atoms with van der Waals surface area (Å²) in [6, 6.07) is 5.77. The van der Waals surface area contributed by atoms with Gasteiger partial charge >= 0.3 is 0 Å². The van der Waals surface area contributed by atoms with Crippen LogP contribution in [0.3, 0.4) is 0 Å². The van der Waals surface area contributed by atoms with Gasteiger partial charge in [-0.15, -0.1) is 0 Å². The van der Waals surface area contributed by atoms with Crippen molar-refractivity contribution in [2.75, 3.05) is 24.5 Å². The lowest BCUT2D eigenvalue weighted by Crippen LogP contribution is -2.53. The van der Waals surface area contributed by atoms with Crippen molar-refractivity contribution >= 4 is 55.8 Å². The zero-order valence-corrected chi connectivity index (χ0v) is 18.9. The van der Waals surface area contributed by atoms with Crippen LogP contribution in [0.1, 0.15) is 19.4 Å². The maximum atomic E-state index is 15.8. The topological polar surface area (TPSA) is 65.1 Å². The van der Waals surface area contributed by atoms with Crippen molar-refractivity contribution in [3.63, 3.8) is 0 Å². The average Bonchev–Trinajstić information content (AvgIpc) is 3.36. The summed E-state index contributed by atoms with van der Waals surface area (Å²) < 4.78 is 20.3. The number of aromatic nitrogens is 3. The number of aromatic amines is 1. The van der Waals surface area contributed by atoms with Crippen LogP contribution in [0.5, 0.6) is 0 Å². The number of nitrogens with zero attached hydrogens (tertiary/aromatic N) is 4. The fourth-order valence-corrected chi connectivity index (χ4v) is 5.71. The first-order valence-electron chi connectivity index (χ1n) is 10.1. The number of halogens is 2. The summed E-state index contributed by atoms with van der Waals surface area (Å²) in [6.07, 6.45) is 1.69. The number of carbonyl (C=O) groups excluding carboxylic acids is 1. The number of H-pyrrole nitrogens is 1. The Morgan fingerprint density at radius 3 is 2.84 bits per heavy atom. The molecule has 31 heavy (non-hydrogen) atoms. The van der Waals surface area contributed by atoms with Gasteiger partial charge in [-0.3, -0.25) is 9.89 Å². The third-order valence-corrected chi connectivity index (χ3v) is 7.26. The van der Waals surface area contributed by atoms with Gasteiger partial charge in [0.2, 0.25) is 5.91 Å². The number of carbonyl (C=O) groups is 1. The Labute approximate surface area is 187 Å². The number of rotatable bonds is 2. The first-order chi connectivity index (χ1) is 14.9. The van der Waals surface area contributed by atoms with E-state index in [1.165, 1.54) is 11.5 Å². The molecule has 1 aliphatic heterocycles.